The summed E-state index contributed by atoms with van der Waals surface area (Å²) in [5, 5.41) is 14.7. The first kappa shape index (κ1) is 16.3. The number of hydrogen-bond acceptors (Lipinski definition) is 4. The summed E-state index contributed by atoms with van der Waals surface area (Å²) in [6.45, 7) is 6.29. The number of nitrogens with one attached hydrogen (secondary N) is 1. The number of nitrogens with zero attached hydrogens (tertiary/aromatic N) is 4. The number of rotatable bonds is 5. The SMILES string of the molecule is CC(Nc1ccc2nnc(C(F)F)n2n1)C(C)(C)c1ccccc1. The third-order valence-electron chi connectivity index (χ3n) is 4.45. The van der Waals surface area contributed by atoms with Gasteiger partial charge in [-0.15, -0.1) is 15.3 Å². The van der Waals surface area contributed by atoms with Gasteiger partial charge in [-0.1, -0.05) is 44.2 Å². The monoisotopic (exact) mass is 331 g/mol. The second-order valence-electron chi connectivity index (χ2n) is 6.30. The Labute approximate surface area is 138 Å². The highest BCUT2D eigenvalue weighted by atomic mass is 19.3. The zero-order valence-corrected chi connectivity index (χ0v) is 13.7. The van der Waals surface area contributed by atoms with Crippen LogP contribution in [0.25, 0.3) is 5.65 Å². The molecule has 0 fully saturated rings. The van der Waals surface area contributed by atoms with E-state index in [9.17, 15) is 8.78 Å². The Morgan fingerprint density at radius 2 is 1.75 bits per heavy atom. The molecule has 0 amide bonds. The van der Waals surface area contributed by atoms with E-state index >= 15 is 0 Å². The Morgan fingerprint density at radius 3 is 2.42 bits per heavy atom. The third-order valence-corrected chi connectivity index (χ3v) is 4.45. The first-order valence-electron chi connectivity index (χ1n) is 7.72. The highest BCUT2D eigenvalue weighted by molar-refractivity contribution is 5.45. The van der Waals surface area contributed by atoms with Gasteiger partial charge in [0, 0.05) is 11.5 Å². The van der Waals surface area contributed by atoms with E-state index in [1.165, 1.54) is 5.56 Å². The Kier molecular flexibility index (Phi) is 4.17. The second kappa shape index (κ2) is 6.14. The Hall–Kier alpha value is -2.57. The van der Waals surface area contributed by atoms with Gasteiger partial charge in [-0.25, -0.2) is 8.78 Å². The lowest BCUT2D eigenvalue weighted by Crippen LogP contribution is -2.37. The van der Waals surface area contributed by atoms with Crippen molar-refractivity contribution in [1.82, 2.24) is 19.8 Å². The fourth-order valence-corrected chi connectivity index (χ4v) is 2.54. The molecule has 7 heteroatoms. The molecular formula is C17H19F2N5. The van der Waals surface area contributed by atoms with E-state index < -0.39 is 12.2 Å². The van der Waals surface area contributed by atoms with Crippen molar-refractivity contribution in [2.24, 2.45) is 0 Å². The number of halogens is 2. The summed E-state index contributed by atoms with van der Waals surface area (Å²) in [5.41, 5.74) is 1.31. The van der Waals surface area contributed by atoms with Gasteiger partial charge in [0.2, 0.25) is 5.82 Å². The van der Waals surface area contributed by atoms with E-state index in [0.717, 1.165) is 4.52 Å². The third kappa shape index (κ3) is 2.93. The molecule has 0 aliphatic carbocycles. The van der Waals surface area contributed by atoms with Crippen LogP contribution in [0.2, 0.25) is 0 Å². The fraction of sp³-hybridized carbons (Fsp3) is 0.353. The van der Waals surface area contributed by atoms with Crippen molar-refractivity contribution in [2.45, 2.75) is 38.7 Å². The van der Waals surface area contributed by atoms with Crippen molar-refractivity contribution in [3.63, 3.8) is 0 Å². The van der Waals surface area contributed by atoms with Gasteiger partial charge in [-0.3, -0.25) is 0 Å². The average Bonchev–Trinajstić information content (AvgIpc) is 2.99. The lowest BCUT2D eigenvalue weighted by Gasteiger charge is -2.33. The molecule has 1 unspecified atom stereocenters. The minimum atomic E-state index is -2.72. The summed E-state index contributed by atoms with van der Waals surface area (Å²) in [4.78, 5) is 0. The fourth-order valence-electron chi connectivity index (χ4n) is 2.54. The summed E-state index contributed by atoms with van der Waals surface area (Å²) < 4.78 is 27.0. The van der Waals surface area contributed by atoms with E-state index in [1.54, 1.807) is 12.1 Å². The quantitative estimate of drug-likeness (QED) is 0.772. The number of benzene rings is 1. The largest absolute Gasteiger partial charge is 0.365 e. The smallest absolute Gasteiger partial charge is 0.299 e. The van der Waals surface area contributed by atoms with E-state index in [0.29, 0.717) is 11.5 Å². The zero-order chi connectivity index (χ0) is 17.3. The molecule has 2 aromatic heterocycles. The maximum Gasteiger partial charge on any atom is 0.299 e. The molecule has 0 spiro atoms. The first-order chi connectivity index (χ1) is 11.4. The number of anilines is 1. The zero-order valence-electron chi connectivity index (χ0n) is 13.7. The van der Waals surface area contributed by atoms with Crippen LogP contribution in [0, 0.1) is 0 Å². The van der Waals surface area contributed by atoms with Gasteiger partial charge in [0.1, 0.15) is 5.82 Å². The van der Waals surface area contributed by atoms with Crippen molar-refractivity contribution in [2.75, 3.05) is 5.32 Å². The van der Waals surface area contributed by atoms with Crippen molar-refractivity contribution in [3.05, 3.63) is 53.9 Å². The molecule has 0 aliphatic rings. The Balaban J connectivity index is 1.87. The van der Waals surface area contributed by atoms with Crippen LogP contribution in [0.3, 0.4) is 0 Å². The molecule has 3 aromatic rings. The van der Waals surface area contributed by atoms with Crippen LogP contribution < -0.4 is 5.32 Å². The van der Waals surface area contributed by atoms with E-state index in [2.05, 4.69) is 46.6 Å². The molecule has 0 saturated carbocycles. The highest BCUT2D eigenvalue weighted by Crippen LogP contribution is 2.28. The maximum atomic E-state index is 13.0. The summed E-state index contributed by atoms with van der Waals surface area (Å²) in [5.74, 6) is 0.0457. The summed E-state index contributed by atoms with van der Waals surface area (Å²) >= 11 is 0. The molecule has 3 rings (SSSR count). The molecular weight excluding hydrogens is 312 g/mol. The summed E-state index contributed by atoms with van der Waals surface area (Å²) in [6.07, 6.45) is -2.72. The molecule has 1 atom stereocenters. The number of hydrogen-bond donors (Lipinski definition) is 1. The Morgan fingerprint density at radius 1 is 1.04 bits per heavy atom. The van der Waals surface area contributed by atoms with Crippen LogP contribution in [-0.4, -0.2) is 25.9 Å². The number of aromatic nitrogens is 4. The van der Waals surface area contributed by atoms with Gasteiger partial charge in [0.25, 0.3) is 6.43 Å². The molecule has 0 aliphatic heterocycles. The van der Waals surface area contributed by atoms with Gasteiger partial charge >= 0.3 is 0 Å². The van der Waals surface area contributed by atoms with Gasteiger partial charge in [-0.05, 0) is 24.6 Å². The minimum absolute atomic E-state index is 0.0244. The Bertz CT molecular complexity index is 829. The minimum Gasteiger partial charge on any atom is -0.365 e. The second-order valence-corrected chi connectivity index (χ2v) is 6.30. The molecule has 5 nitrogen and oxygen atoms in total. The van der Waals surface area contributed by atoms with Gasteiger partial charge in [-0.2, -0.15) is 4.52 Å². The van der Waals surface area contributed by atoms with Gasteiger partial charge < -0.3 is 5.32 Å². The topological polar surface area (TPSA) is 55.1 Å². The molecule has 2 heterocycles. The molecule has 1 aromatic carbocycles. The molecule has 0 bridgehead atoms. The van der Waals surface area contributed by atoms with Crippen molar-refractivity contribution in [1.29, 1.82) is 0 Å². The van der Waals surface area contributed by atoms with Gasteiger partial charge in [0.15, 0.2) is 5.65 Å². The van der Waals surface area contributed by atoms with Crippen LogP contribution in [0.4, 0.5) is 14.6 Å². The predicted octanol–water partition coefficient (Wildman–Crippen LogP) is 3.84. The average molecular weight is 331 g/mol. The summed E-state index contributed by atoms with van der Waals surface area (Å²) in [7, 11) is 0. The predicted molar refractivity (Wildman–Crippen MR) is 88.3 cm³/mol. The van der Waals surface area contributed by atoms with Gasteiger partial charge in [0.05, 0.1) is 0 Å². The summed E-state index contributed by atoms with van der Waals surface area (Å²) in [6, 6.07) is 13.5. The molecule has 0 saturated heterocycles. The molecule has 1 N–H and O–H groups in total. The molecule has 126 valence electrons. The van der Waals surface area contributed by atoms with Crippen LogP contribution in [-0.2, 0) is 5.41 Å². The first-order valence-corrected chi connectivity index (χ1v) is 7.72. The van der Waals surface area contributed by atoms with E-state index in [1.807, 2.05) is 25.1 Å². The van der Waals surface area contributed by atoms with Crippen molar-refractivity contribution in [3.8, 4) is 0 Å². The van der Waals surface area contributed by atoms with Crippen LogP contribution in [0.1, 0.15) is 38.6 Å². The van der Waals surface area contributed by atoms with Crippen LogP contribution in [0.5, 0.6) is 0 Å². The highest BCUT2D eigenvalue weighted by Gasteiger charge is 2.28. The standard InChI is InChI=1S/C17H19F2N5/c1-11(17(2,3)12-7-5-4-6-8-12)20-13-9-10-14-21-22-16(15(18)19)24(14)23-13/h4-11,15H,1-3H3,(H,20,23). The molecule has 24 heavy (non-hydrogen) atoms. The van der Waals surface area contributed by atoms with Crippen molar-refractivity contribution >= 4 is 11.5 Å². The molecule has 0 radical (unpaired) electrons. The number of fused-ring (bicyclic) bond motifs is 1. The lowest BCUT2D eigenvalue weighted by atomic mass is 9.78. The normalized spacial score (nSPS) is 13.4. The van der Waals surface area contributed by atoms with Crippen LogP contribution >= 0.6 is 0 Å². The van der Waals surface area contributed by atoms with Crippen LogP contribution in [0.15, 0.2) is 42.5 Å². The van der Waals surface area contributed by atoms with E-state index in [-0.39, 0.29) is 11.5 Å². The maximum absolute atomic E-state index is 13.0. The number of alkyl halides is 2. The van der Waals surface area contributed by atoms with E-state index in [4.69, 9.17) is 0 Å². The lowest BCUT2D eigenvalue weighted by molar-refractivity contribution is 0.137. The van der Waals surface area contributed by atoms with Crippen molar-refractivity contribution < 1.29 is 8.78 Å².